The van der Waals surface area contributed by atoms with Crippen LogP contribution in [0.5, 0.6) is 5.88 Å². The molecule has 2 aromatic rings. The molecule has 9 nitrogen and oxygen atoms in total. The number of hydrogen-bond acceptors (Lipinski definition) is 6. The van der Waals surface area contributed by atoms with Gasteiger partial charge in [0.25, 0.3) is 5.91 Å². The number of ether oxygens (including phenoxy) is 1. The molecule has 2 aromatic heterocycles. The van der Waals surface area contributed by atoms with Crippen molar-refractivity contribution >= 4 is 11.8 Å². The number of aromatic amines is 1. The highest BCUT2D eigenvalue weighted by atomic mass is 16.5. The third kappa shape index (κ3) is 4.08. The van der Waals surface area contributed by atoms with Gasteiger partial charge in [0.2, 0.25) is 11.8 Å². The maximum absolute atomic E-state index is 12.9. The fourth-order valence-corrected chi connectivity index (χ4v) is 4.34. The normalized spacial score (nSPS) is 23.1. The SMILES string of the molecule is COc1cc(C(=O)N2CC[C@@H]3C[C@@H](C(=O)NCCc4n[nH]c(C)n4)[C@@H]3C2)ccn1. The molecule has 0 radical (unpaired) electrons. The Balaban J connectivity index is 1.31. The minimum absolute atomic E-state index is 0.0311. The highest BCUT2D eigenvalue weighted by Crippen LogP contribution is 2.45. The predicted octanol–water partition coefficient (Wildman–Crippen LogP) is 0.974. The van der Waals surface area contributed by atoms with Crippen molar-refractivity contribution in [3.8, 4) is 5.88 Å². The monoisotopic (exact) mass is 398 g/mol. The molecule has 29 heavy (non-hydrogen) atoms. The second kappa shape index (κ2) is 8.18. The molecule has 1 saturated heterocycles. The van der Waals surface area contributed by atoms with Crippen molar-refractivity contribution in [2.24, 2.45) is 17.8 Å². The average Bonchev–Trinajstić information content (AvgIpc) is 3.13. The first-order valence-corrected chi connectivity index (χ1v) is 10.00. The Morgan fingerprint density at radius 3 is 3.03 bits per heavy atom. The standard InChI is InChI=1S/C20H26N6O3/c1-12-23-17(25-24-12)4-7-22-19(27)15-9-13-5-8-26(11-16(13)15)20(28)14-3-6-21-18(10-14)29-2/h3,6,10,13,15-16H,4-5,7-9,11H2,1-2H3,(H,22,27)(H,23,24,25)/t13-,15-,16-/m1/s1. The van der Waals surface area contributed by atoms with Crippen LogP contribution in [0, 0.1) is 24.7 Å². The van der Waals surface area contributed by atoms with Gasteiger partial charge in [0.15, 0.2) is 5.82 Å². The Morgan fingerprint density at radius 2 is 2.28 bits per heavy atom. The molecule has 1 aliphatic heterocycles. The minimum atomic E-state index is -0.0322. The van der Waals surface area contributed by atoms with Crippen LogP contribution in [0.3, 0.4) is 0 Å². The highest BCUT2D eigenvalue weighted by Gasteiger charge is 2.48. The summed E-state index contributed by atoms with van der Waals surface area (Å²) in [5, 5.41) is 9.89. The number of carbonyl (C=O) groups is 2. The highest BCUT2D eigenvalue weighted by molar-refractivity contribution is 5.94. The van der Waals surface area contributed by atoms with Gasteiger partial charge >= 0.3 is 0 Å². The van der Waals surface area contributed by atoms with Gasteiger partial charge in [-0.3, -0.25) is 14.7 Å². The van der Waals surface area contributed by atoms with Crippen LogP contribution in [0.25, 0.3) is 0 Å². The molecule has 2 aliphatic rings. The summed E-state index contributed by atoms with van der Waals surface area (Å²) in [4.78, 5) is 35.6. The first kappa shape index (κ1) is 19.4. The van der Waals surface area contributed by atoms with E-state index in [0.29, 0.717) is 42.7 Å². The Morgan fingerprint density at radius 1 is 1.41 bits per heavy atom. The van der Waals surface area contributed by atoms with E-state index >= 15 is 0 Å². The van der Waals surface area contributed by atoms with Crippen LogP contribution >= 0.6 is 0 Å². The van der Waals surface area contributed by atoms with Gasteiger partial charge in [-0.1, -0.05) is 0 Å². The summed E-state index contributed by atoms with van der Waals surface area (Å²) in [5.41, 5.74) is 0.567. The zero-order valence-corrected chi connectivity index (χ0v) is 16.7. The van der Waals surface area contributed by atoms with Gasteiger partial charge in [0.1, 0.15) is 5.82 Å². The van der Waals surface area contributed by atoms with Crippen LogP contribution in [0.4, 0.5) is 0 Å². The molecular weight excluding hydrogens is 372 g/mol. The number of fused-ring (bicyclic) bond motifs is 1. The van der Waals surface area contributed by atoms with Gasteiger partial charge in [0.05, 0.1) is 7.11 Å². The van der Waals surface area contributed by atoms with Crippen LogP contribution in [0.1, 0.15) is 34.8 Å². The lowest BCUT2D eigenvalue weighted by atomic mass is 9.61. The summed E-state index contributed by atoms with van der Waals surface area (Å²) in [7, 11) is 1.53. The molecule has 1 aliphatic carbocycles. The number of hydrogen-bond donors (Lipinski definition) is 2. The number of pyridine rings is 1. The Labute approximate surface area is 169 Å². The Kier molecular flexibility index (Phi) is 5.46. The lowest BCUT2D eigenvalue weighted by Gasteiger charge is -2.50. The molecule has 2 N–H and O–H groups in total. The number of methoxy groups -OCH3 is 1. The average molecular weight is 398 g/mol. The summed E-state index contributed by atoms with van der Waals surface area (Å²) in [6.07, 6.45) is 4.03. The zero-order chi connectivity index (χ0) is 20.4. The van der Waals surface area contributed by atoms with Crippen LogP contribution < -0.4 is 10.1 Å². The number of likely N-dealkylation sites (tertiary alicyclic amines) is 1. The molecular formula is C20H26N6O3. The molecule has 2 amide bonds. The third-order valence-electron chi connectivity index (χ3n) is 5.99. The molecule has 3 atom stereocenters. The topological polar surface area (TPSA) is 113 Å². The van der Waals surface area contributed by atoms with Crippen molar-refractivity contribution in [3.05, 3.63) is 35.5 Å². The molecule has 0 spiro atoms. The molecule has 0 bridgehead atoms. The van der Waals surface area contributed by atoms with Crippen LogP contribution in [0.2, 0.25) is 0 Å². The first-order chi connectivity index (χ1) is 14.0. The van der Waals surface area contributed by atoms with Crippen LogP contribution in [0.15, 0.2) is 18.3 Å². The van der Waals surface area contributed by atoms with Crippen molar-refractivity contribution in [1.29, 1.82) is 0 Å². The maximum Gasteiger partial charge on any atom is 0.254 e. The number of H-pyrrole nitrogens is 1. The van der Waals surface area contributed by atoms with E-state index in [0.717, 1.165) is 25.2 Å². The molecule has 4 rings (SSSR count). The first-order valence-electron chi connectivity index (χ1n) is 10.00. The molecule has 3 heterocycles. The number of aryl methyl sites for hydroxylation is 1. The van der Waals surface area contributed by atoms with Crippen molar-refractivity contribution < 1.29 is 14.3 Å². The van der Waals surface area contributed by atoms with E-state index in [9.17, 15) is 9.59 Å². The summed E-state index contributed by atoms with van der Waals surface area (Å²) >= 11 is 0. The van der Waals surface area contributed by atoms with Crippen molar-refractivity contribution in [3.63, 3.8) is 0 Å². The number of nitrogens with one attached hydrogen (secondary N) is 2. The summed E-state index contributed by atoms with van der Waals surface area (Å²) < 4.78 is 5.12. The third-order valence-corrected chi connectivity index (χ3v) is 5.99. The molecule has 0 aromatic carbocycles. The quantitative estimate of drug-likeness (QED) is 0.750. The van der Waals surface area contributed by atoms with Crippen molar-refractivity contribution in [1.82, 2.24) is 30.4 Å². The largest absolute Gasteiger partial charge is 0.481 e. The minimum Gasteiger partial charge on any atom is -0.481 e. The summed E-state index contributed by atoms with van der Waals surface area (Å²) in [5.74, 6) is 2.65. The number of amides is 2. The second-order valence-electron chi connectivity index (χ2n) is 7.77. The van der Waals surface area contributed by atoms with E-state index in [1.165, 1.54) is 7.11 Å². The van der Waals surface area contributed by atoms with Crippen LogP contribution in [-0.4, -0.2) is 63.6 Å². The van der Waals surface area contributed by atoms with E-state index in [2.05, 4.69) is 25.5 Å². The number of piperidine rings is 1. The van der Waals surface area contributed by atoms with Gasteiger partial charge in [-0.2, -0.15) is 5.10 Å². The van der Waals surface area contributed by atoms with Gasteiger partial charge in [-0.15, -0.1) is 0 Å². The predicted molar refractivity (Wildman–Crippen MR) is 104 cm³/mol. The van der Waals surface area contributed by atoms with Gasteiger partial charge in [-0.05, 0) is 37.7 Å². The number of aromatic nitrogens is 4. The summed E-state index contributed by atoms with van der Waals surface area (Å²) in [6, 6.07) is 3.36. The molecule has 9 heteroatoms. The fourth-order valence-electron chi connectivity index (χ4n) is 4.34. The lowest BCUT2D eigenvalue weighted by Crippen LogP contribution is -2.56. The maximum atomic E-state index is 12.9. The van der Waals surface area contributed by atoms with Gasteiger partial charge in [0, 0.05) is 49.8 Å². The number of nitrogens with zero attached hydrogens (tertiary/aromatic N) is 4. The lowest BCUT2D eigenvalue weighted by molar-refractivity contribution is -0.136. The van der Waals surface area contributed by atoms with E-state index in [-0.39, 0.29) is 23.7 Å². The zero-order valence-electron chi connectivity index (χ0n) is 16.7. The number of carbonyl (C=O) groups excluding carboxylic acids is 2. The fraction of sp³-hybridized carbons (Fsp3) is 0.550. The molecule has 154 valence electrons. The van der Waals surface area contributed by atoms with Crippen molar-refractivity contribution in [2.75, 3.05) is 26.7 Å². The molecule has 1 saturated carbocycles. The molecule has 2 fully saturated rings. The van der Waals surface area contributed by atoms with Crippen LogP contribution in [-0.2, 0) is 11.2 Å². The van der Waals surface area contributed by atoms with E-state index in [4.69, 9.17) is 4.74 Å². The van der Waals surface area contributed by atoms with E-state index < -0.39 is 0 Å². The Bertz CT molecular complexity index is 898. The van der Waals surface area contributed by atoms with E-state index in [1.54, 1.807) is 18.3 Å². The Hall–Kier alpha value is -2.97. The molecule has 0 unspecified atom stereocenters. The smallest absolute Gasteiger partial charge is 0.254 e. The summed E-state index contributed by atoms with van der Waals surface area (Å²) in [6.45, 7) is 3.71. The second-order valence-corrected chi connectivity index (χ2v) is 7.77. The van der Waals surface area contributed by atoms with E-state index in [1.807, 2.05) is 11.8 Å². The van der Waals surface area contributed by atoms with Gasteiger partial charge in [-0.25, -0.2) is 9.97 Å². The number of rotatable bonds is 6. The van der Waals surface area contributed by atoms with Crippen molar-refractivity contribution in [2.45, 2.75) is 26.2 Å². The van der Waals surface area contributed by atoms with Gasteiger partial charge < -0.3 is 15.0 Å².